The van der Waals surface area contributed by atoms with Crippen molar-refractivity contribution in [3.63, 3.8) is 0 Å². The molecule has 3 saturated heterocycles. The van der Waals surface area contributed by atoms with E-state index in [4.69, 9.17) is 0 Å². The monoisotopic (exact) mass is 321 g/mol. The maximum atomic E-state index is 13.0. The van der Waals surface area contributed by atoms with E-state index in [1.54, 1.807) is 0 Å². The largest absolute Gasteiger partial charge is 0.341 e. The van der Waals surface area contributed by atoms with E-state index in [1.807, 2.05) is 0 Å². The lowest BCUT2D eigenvalue weighted by molar-refractivity contribution is -0.165. The second-order valence-corrected chi connectivity index (χ2v) is 9.82. The summed E-state index contributed by atoms with van der Waals surface area (Å²) in [5.74, 6) is 1.33. The summed E-state index contributed by atoms with van der Waals surface area (Å²) in [6.07, 6.45) is 0. The van der Waals surface area contributed by atoms with Crippen molar-refractivity contribution in [3.05, 3.63) is 0 Å². The zero-order chi connectivity index (χ0) is 17.0. The minimum absolute atomic E-state index is 0.105. The maximum absolute atomic E-state index is 13.0. The molecule has 3 fully saturated rings. The van der Waals surface area contributed by atoms with Gasteiger partial charge in [-0.15, -0.1) is 0 Å². The molecule has 0 unspecified atom stereocenters. The molecule has 0 bridgehead atoms. The Morgan fingerprint density at radius 1 is 1.04 bits per heavy atom. The summed E-state index contributed by atoms with van der Waals surface area (Å²) in [6.45, 7) is 21.1. The van der Waals surface area contributed by atoms with Crippen molar-refractivity contribution in [1.29, 1.82) is 0 Å². The molecule has 3 aliphatic rings. The third-order valence-corrected chi connectivity index (χ3v) is 6.10. The van der Waals surface area contributed by atoms with Crippen molar-refractivity contribution in [3.8, 4) is 0 Å². The summed E-state index contributed by atoms with van der Waals surface area (Å²) in [6, 6.07) is 0.533. The van der Waals surface area contributed by atoms with Crippen LogP contribution in [-0.2, 0) is 4.79 Å². The predicted octanol–water partition coefficient (Wildman–Crippen LogP) is 2.15. The van der Waals surface area contributed by atoms with Gasteiger partial charge in [0.05, 0.1) is 5.92 Å². The van der Waals surface area contributed by atoms with Crippen LogP contribution in [0.15, 0.2) is 0 Å². The fourth-order valence-electron chi connectivity index (χ4n) is 4.87. The molecule has 0 aromatic heterocycles. The van der Waals surface area contributed by atoms with Gasteiger partial charge >= 0.3 is 0 Å². The number of carbonyl (C=O) groups is 1. The molecular formula is C19H35N3O. The van der Waals surface area contributed by atoms with E-state index in [9.17, 15) is 4.79 Å². The summed E-state index contributed by atoms with van der Waals surface area (Å²) in [7, 11) is 0. The summed E-state index contributed by atoms with van der Waals surface area (Å²) in [5.41, 5.74) is 0.540. The highest BCUT2D eigenvalue weighted by atomic mass is 16.2. The molecule has 4 nitrogen and oxygen atoms in total. The van der Waals surface area contributed by atoms with Crippen LogP contribution in [0.4, 0.5) is 0 Å². The Morgan fingerprint density at radius 2 is 1.65 bits per heavy atom. The van der Waals surface area contributed by atoms with Crippen LogP contribution >= 0.6 is 0 Å². The lowest BCUT2D eigenvalue weighted by Crippen LogP contribution is -2.73. The Hall–Kier alpha value is -0.610. The lowest BCUT2D eigenvalue weighted by atomic mass is 9.71. The normalized spacial score (nSPS) is 30.1. The van der Waals surface area contributed by atoms with Crippen molar-refractivity contribution >= 4 is 5.91 Å². The van der Waals surface area contributed by atoms with Crippen LogP contribution in [0.5, 0.6) is 0 Å². The van der Waals surface area contributed by atoms with Crippen molar-refractivity contribution in [2.75, 3.05) is 45.8 Å². The second kappa shape index (κ2) is 5.73. The Balaban J connectivity index is 1.52. The SMILES string of the molecule is CC(C)CN1CC2(C1)CN(C(=O)[C@@H]1CN(C(C)C)CC1(C)C)C2. The molecule has 3 heterocycles. The van der Waals surface area contributed by atoms with E-state index in [0.29, 0.717) is 17.4 Å². The van der Waals surface area contributed by atoms with Crippen molar-refractivity contribution < 1.29 is 4.79 Å². The molecule has 23 heavy (non-hydrogen) atoms. The summed E-state index contributed by atoms with van der Waals surface area (Å²) < 4.78 is 0. The highest BCUT2D eigenvalue weighted by molar-refractivity contribution is 5.81. The van der Waals surface area contributed by atoms with Gasteiger partial charge in [0.2, 0.25) is 5.91 Å². The van der Waals surface area contributed by atoms with Crippen LogP contribution < -0.4 is 0 Å². The highest BCUT2D eigenvalue weighted by Gasteiger charge is 2.55. The topological polar surface area (TPSA) is 26.8 Å². The molecule has 4 heteroatoms. The molecule has 0 N–H and O–H groups in total. The van der Waals surface area contributed by atoms with Gasteiger partial charge in [-0.2, -0.15) is 0 Å². The van der Waals surface area contributed by atoms with Gasteiger partial charge in [-0.25, -0.2) is 0 Å². The fourth-order valence-corrected chi connectivity index (χ4v) is 4.87. The van der Waals surface area contributed by atoms with Gasteiger partial charge in [-0.1, -0.05) is 27.7 Å². The fraction of sp³-hybridized carbons (Fsp3) is 0.947. The minimum Gasteiger partial charge on any atom is -0.341 e. The smallest absolute Gasteiger partial charge is 0.227 e. The van der Waals surface area contributed by atoms with Crippen LogP contribution in [0.1, 0.15) is 41.5 Å². The first-order chi connectivity index (χ1) is 10.6. The van der Waals surface area contributed by atoms with Gasteiger partial charge in [-0.3, -0.25) is 9.69 Å². The van der Waals surface area contributed by atoms with E-state index >= 15 is 0 Å². The average Bonchev–Trinajstić information content (AvgIpc) is 2.65. The number of rotatable bonds is 4. The molecule has 3 aliphatic heterocycles. The molecule has 1 spiro atoms. The predicted molar refractivity (Wildman–Crippen MR) is 94.3 cm³/mol. The molecule has 0 aromatic rings. The number of hydrogen-bond donors (Lipinski definition) is 0. The van der Waals surface area contributed by atoms with Crippen molar-refractivity contribution in [2.24, 2.45) is 22.7 Å². The molecule has 0 aromatic carbocycles. The first kappa shape index (κ1) is 17.2. The van der Waals surface area contributed by atoms with Crippen LogP contribution in [0.25, 0.3) is 0 Å². The number of carbonyl (C=O) groups excluding carboxylic acids is 1. The van der Waals surface area contributed by atoms with Crippen LogP contribution in [-0.4, -0.2) is 72.5 Å². The van der Waals surface area contributed by atoms with E-state index in [2.05, 4.69) is 56.2 Å². The van der Waals surface area contributed by atoms with Gasteiger partial charge in [0.15, 0.2) is 0 Å². The Morgan fingerprint density at radius 3 is 2.13 bits per heavy atom. The van der Waals surface area contributed by atoms with Gasteiger partial charge in [0.1, 0.15) is 0 Å². The standard InChI is InChI=1S/C19H35N3O/c1-14(2)7-20-10-19(11-20)12-22(13-19)17(23)16-8-21(15(3)4)9-18(16,5)6/h14-16H,7-13H2,1-6H3/t16-/m0/s1. The zero-order valence-electron chi connectivity index (χ0n) is 15.9. The molecular weight excluding hydrogens is 286 g/mol. The van der Waals surface area contributed by atoms with Gasteiger partial charge < -0.3 is 9.80 Å². The zero-order valence-corrected chi connectivity index (χ0v) is 15.9. The number of likely N-dealkylation sites (tertiary alicyclic amines) is 3. The van der Waals surface area contributed by atoms with Crippen molar-refractivity contribution in [2.45, 2.75) is 47.6 Å². The quantitative estimate of drug-likeness (QED) is 0.794. The first-order valence-electron chi connectivity index (χ1n) is 9.37. The molecule has 0 saturated carbocycles. The molecule has 1 amide bonds. The Kier molecular flexibility index (Phi) is 4.29. The van der Waals surface area contributed by atoms with Gasteiger partial charge in [-0.05, 0) is 25.2 Å². The van der Waals surface area contributed by atoms with E-state index in [1.165, 1.54) is 19.6 Å². The maximum Gasteiger partial charge on any atom is 0.227 e. The average molecular weight is 322 g/mol. The third kappa shape index (κ3) is 3.17. The van der Waals surface area contributed by atoms with Crippen LogP contribution in [0.3, 0.4) is 0 Å². The number of amides is 1. The van der Waals surface area contributed by atoms with Crippen LogP contribution in [0, 0.1) is 22.7 Å². The van der Waals surface area contributed by atoms with Gasteiger partial charge in [0.25, 0.3) is 0 Å². The Bertz CT molecular complexity index is 457. The summed E-state index contributed by atoms with van der Waals surface area (Å²) in [5, 5.41) is 0. The number of hydrogen-bond acceptors (Lipinski definition) is 3. The number of nitrogens with zero attached hydrogens (tertiary/aromatic N) is 3. The van der Waals surface area contributed by atoms with Gasteiger partial charge in [0, 0.05) is 57.3 Å². The highest BCUT2D eigenvalue weighted by Crippen LogP contribution is 2.43. The van der Waals surface area contributed by atoms with Crippen LogP contribution in [0.2, 0.25) is 0 Å². The molecule has 3 rings (SSSR count). The molecule has 0 aliphatic carbocycles. The summed E-state index contributed by atoms with van der Waals surface area (Å²) >= 11 is 0. The molecule has 132 valence electrons. The third-order valence-electron chi connectivity index (χ3n) is 6.10. The van der Waals surface area contributed by atoms with Crippen molar-refractivity contribution in [1.82, 2.24) is 14.7 Å². The lowest BCUT2D eigenvalue weighted by Gasteiger charge is -2.61. The molecule has 0 radical (unpaired) electrons. The minimum atomic E-state index is 0.105. The summed E-state index contributed by atoms with van der Waals surface area (Å²) in [4.78, 5) is 20.1. The first-order valence-corrected chi connectivity index (χ1v) is 9.37. The van der Waals surface area contributed by atoms with E-state index in [-0.39, 0.29) is 11.3 Å². The Labute approximate surface area is 142 Å². The van der Waals surface area contributed by atoms with E-state index in [0.717, 1.165) is 32.1 Å². The van der Waals surface area contributed by atoms with E-state index < -0.39 is 0 Å². The second-order valence-electron chi connectivity index (χ2n) is 9.82. The molecule has 1 atom stereocenters.